The molecule has 0 aliphatic carbocycles. The molecule has 18 heavy (non-hydrogen) atoms. The molecule has 0 saturated carbocycles. The van der Waals surface area contributed by atoms with Crippen LogP contribution in [0.25, 0.3) is 0 Å². The van der Waals surface area contributed by atoms with Gasteiger partial charge in [0.1, 0.15) is 0 Å². The first-order valence-corrected chi connectivity index (χ1v) is 8.05. The maximum Gasteiger partial charge on any atom is 0.0576 e. The van der Waals surface area contributed by atoms with E-state index in [0.717, 1.165) is 25.9 Å². The quantitative estimate of drug-likeness (QED) is 0.666. The number of ether oxygens (including phenoxy) is 1. The highest BCUT2D eigenvalue weighted by Gasteiger charge is 2.17. The van der Waals surface area contributed by atoms with E-state index < -0.39 is 0 Å². The molecule has 0 aromatic heterocycles. The summed E-state index contributed by atoms with van der Waals surface area (Å²) in [6.45, 7) is 5.41. The highest BCUT2D eigenvalue weighted by atomic mass is 16.5. The summed E-state index contributed by atoms with van der Waals surface area (Å²) < 4.78 is 5.71. The second kappa shape index (κ2) is 9.80. The zero-order valence-electron chi connectivity index (χ0n) is 12.4. The van der Waals surface area contributed by atoms with E-state index in [1.165, 1.54) is 44.9 Å². The molecule has 1 saturated heterocycles. The summed E-state index contributed by atoms with van der Waals surface area (Å²) in [5.74, 6) is 0.715. The molecule has 1 aliphatic rings. The van der Waals surface area contributed by atoms with E-state index in [-0.39, 0.29) is 6.10 Å². The Bertz CT molecular complexity index is 188. The van der Waals surface area contributed by atoms with Crippen molar-refractivity contribution in [2.75, 3.05) is 6.61 Å². The maximum absolute atomic E-state index is 10.1. The molecule has 1 heterocycles. The SMILES string of the molecule is CCCCC(CC)CC(O)CCC1CCCCO1. The van der Waals surface area contributed by atoms with Gasteiger partial charge in [0.05, 0.1) is 12.2 Å². The fourth-order valence-corrected chi connectivity index (χ4v) is 2.90. The van der Waals surface area contributed by atoms with Crippen molar-refractivity contribution in [1.29, 1.82) is 0 Å². The molecule has 3 unspecified atom stereocenters. The largest absolute Gasteiger partial charge is 0.393 e. The molecule has 0 aromatic rings. The van der Waals surface area contributed by atoms with Crippen LogP contribution in [0.3, 0.4) is 0 Å². The first kappa shape index (κ1) is 16.0. The van der Waals surface area contributed by atoms with Gasteiger partial charge in [-0.15, -0.1) is 0 Å². The topological polar surface area (TPSA) is 29.5 Å². The lowest BCUT2D eigenvalue weighted by atomic mass is 9.91. The van der Waals surface area contributed by atoms with Crippen molar-refractivity contribution in [3.05, 3.63) is 0 Å². The third kappa shape index (κ3) is 6.75. The van der Waals surface area contributed by atoms with E-state index in [1.807, 2.05) is 0 Å². The Kier molecular flexibility index (Phi) is 8.70. The summed E-state index contributed by atoms with van der Waals surface area (Å²) in [5, 5.41) is 10.1. The number of unbranched alkanes of at least 4 members (excludes halogenated alkanes) is 1. The number of hydrogen-bond acceptors (Lipinski definition) is 2. The molecule has 2 heteroatoms. The summed E-state index contributed by atoms with van der Waals surface area (Å²) in [6.07, 6.45) is 12.0. The summed E-state index contributed by atoms with van der Waals surface area (Å²) in [4.78, 5) is 0. The molecule has 0 bridgehead atoms. The van der Waals surface area contributed by atoms with E-state index in [2.05, 4.69) is 13.8 Å². The van der Waals surface area contributed by atoms with Crippen LogP contribution < -0.4 is 0 Å². The second-order valence-electron chi connectivity index (χ2n) is 5.87. The molecule has 1 aliphatic heterocycles. The highest BCUT2D eigenvalue weighted by molar-refractivity contribution is 4.69. The number of aliphatic hydroxyl groups excluding tert-OH is 1. The minimum absolute atomic E-state index is 0.114. The minimum atomic E-state index is -0.114. The highest BCUT2D eigenvalue weighted by Crippen LogP contribution is 2.23. The van der Waals surface area contributed by atoms with E-state index >= 15 is 0 Å². The lowest BCUT2D eigenvalue weighted by Gasteiger charge is -2.24. The lowest BCUT2D eigenvalue weighted by molar-refractivity contribution is 0.000376. The van der Waals surface area contributed by atoms with Crippen LogP contribution in [0, 0.1) is 5.92 Å². The number of aliphatic hydroxyl groups is 1. The molecule has 1 N–H and O–H groups in total. The van der Waals surface area contributed by atoms with Gasteiger partial charge in [-0.25, -0.2) is 0 Å². The van der Waals surface area contributed by atoms with E-state index in [1.54, 1.807) is 0 Å². The summed E-state index contributed by atoms with van der Waals surface area (Å²) >= 11 is 0. The van der Waals surface area contributed by atoms with E-state index in [0.29, 0.717) is 12.0 Å². The van der Waals surface area contributed by atoms with Crippen molar-refractivity contribution in [3.63, 3.8) is 0 Å². The molecule has 108 valence electrons. The van der Waals surface area contributed by atoms with Gasteiger partial charge in [0.2, 0.25) is 0 Å². The van der Waals surface area contributed by atoms with Crippen molar-refractivity contribution < 1.29 is 9.84 Å². The molecule has 0 aromatic carbocycles. The van der Waals surface area contributed by atoms with Gasteiger partial charge in [0.15, 0.2) is 0 Å². The van der Waals surface area contributed by atoms with Crippen LogP contribution in [-0.2, 0) is 4.74 Å². The average Bonchev–Trinajstić information content (AvgIpc) is 2.42. The number of hydrogen-bond donors (Lipinski definition) is 1. The van der Waals surface area contributed by atoms with Crippen LogP contribution in [-0.4, -0.2) is 23.9 Å². The first-order chi connectivity index (χ1) is 8.76. The molecular weight excluding hydrogens is 224 g/mol. The molecule has 0 amide bonds. The lowest BCUT2D eigenvalue weighted by Crippen LogP contribution is -2.22. The average molecular weight is 256 g/mol. The maximum atomic E-state index is 10.1. The fraction of sp³-hybridized carbons (Fsp3) is 1.00. The minimum Gasteiger partial charge on any atom is -0.393 e. The molecule has 1 rings (SSSR count). The Morgan fingerprint density at radius 1 is 1.22 bits per heavy atom. The van der Waals surface area contributed by atoms with Crippen molar-refractivity contribution >= 4 is 0 Å². The van der Waals surface area contributed by atoms with Crippen molar-refractivity contribution in [3.8, 4) is 0 Å². The normalized spacial score (nSPS) is 23.8. The summed E-state index contributed by atoms with van der Waals surface area (Å²) in [6, 6.07) is 0. The van der Waals surface area contributed by atoms with Gasteiger partial charge in [-0.3, -0.25) is 0 Å². The Morgan fingerprint density at radius 3 is 2.67 bits per heavy atom. The number of rotatable bonds is 9. The molecule has 3 atom stereocenters. The van der Waals surface area contributed by atoms with Crippen LogP contribution in [0.5, 0.6) is 0 Å². The summed E-state index contributed by atoms with van der Waals surface area (Å²) in [5.41, 5.74) is 0. The van der Waals surface area contributed by atoms with Gasteiger partial charge in [-0.2, -0.15) is 0 Å². The summed E-state index contributed by atoms with van der Waals surface area (Å²) in [7, 11) is 0. The second-order valence-corrected chi connectivity index (χ2v) is 5.87. The van der Waals surface area contributed by atoms with E-state index in [9.17, 15) is 5.11 Å². The van der Waals surface area contributed by atoms with Crippen LogP contribution >= 0.6 is 0 Å². The van der Waals surface area contributed by atoms with Gasteiger partial charge in [0.25, 0.3) is 0 Å². The van der Waals surface area contributed by atoms with Gasteiger partial charge >= 0.3 is 0 Å². The van der Waals surface area contributed by atoms with Crippen molar-refractivity contribution in [2.45, 2.75) is 90.3 Å². The van der Waals surface area contributed by atoms with Crippen molar-refractivity contribution in [2.24, 2.45) is 5.92 Å². The zero-order chi connectivity index (χ0) is 13.2. The standard InChI is InChI=1S/C16H32O2/c1-3-5-8-14(4-2)13-15(17)10-11-16-9-6-7-12-18-16/h14-17H,3-13H2,1-2H3. The van der Waals surface area contributed by atoms with Crippen LogP contribution in [0.1, 0.15) is 78.1 Å². The van der Waals surface area contributed by atoms with Gasteiger partial charge in [-0.05, 0) is 44.4 Å². The third-order valence-corrected chi connectivity index (χ3v) is 4.24. The monoisotopic (exact) mass is 256 g/mol. The Labute approximate surface area is 113 Å². The van der Waals surface area contributed by atoms with Gasteiger partial charge < -0.3 is 9.84 Å². The molecule has 1 fully saturated rings. The predicted molar refractivity (Wildman–Crippen MR) is 76.8 cm³/mol. The molecular formula is C16H32O2. The van der Waals surface area contributed by atoms with Gasteiger partial charge in [0, 0.05) is 6.61 Å². The van der Waals surface area contributed by atoms with Crippen LogP contribution in [0.4, 0.5) is 0 Å². The predicted octanol–water partition coefficient (Wildman–Crippen LogP) is 4.30. The molecule has 0 radical (unpaired) electrons. The van der Waals surface area contributed by atoms with Crippen molar-refractivity contribution in [1.82, 2.24) is 0 Å². The Hall–Kier alpha value is -0.0800. The smallest absolute Gasteiger partial charge is 0.0576 e. The molecule has 0 spiro atoms. The Balaban J connectivity index is 2.12. The fourth-order valence-electron chi connectivity index (χ4n) is 2.90. The van der Waals surface area contributed by atoms with Crippen LogP contribution in [0.15, 0.2) is 0 Å². The first-order valence-electron chi connectivity index (χ1n) is 8.05. The zero-order valence-corrected chi connectivity index (χ0v) is 12.4. The van der Waals surface area contributed by atoms with Gasteiger partial charge in [-0.1, -0.05) is 39.5 Å². The molecule has 2 nitrogen and oxygen atoms in total. The third-order valence-electron chi connectivity index (χ3n) is 4.24. The van der Waals surface area contributed by atoms with E-state index in [4.69, 9.17) is 4.74 Å². The van der Waals surface area contributed by atoms with Crippen LogP contribution in [0.2, 0.25) is 0 Å². The Morgan fingerprint density at radius 2 is 2.06 bits per heavy atom.